The normalized spacial score (nSPS) is 13.0. The van der Waals surface area contributed by atoms with E-state index >= 15 is 4.39 Å². The molecule has 1 aliphatic heterocycles. The molecular formula is C24H21FN6O5S. The van der Waals surface area contributed by atoms with Crippen LogP contribution in [0.2, 0.25) is 0 Å². The number of carbonyl (C=O) groups is 1. The van der Waals surface area contributed by atoms with Crippen molar-refractivity contribution in [2.24, 2.45) is 5.73 Å². The van der Waals surface area contributed by atoms with E-state index in [2.05, 4.69) is 15.4 Å². The van der Waals surface area contributed by atoms with Gasteiger partial charge in [-0.05, 0) is 41.8 Å². The molecule has 11 nitrogen and oxygen atoms in total. The van der Waals surface area contributed by atoms with E-state index in [4.69, 9.17) is 20.6 Å². The summed E-state index contributed by atoms with van der Waals surface area (Å²) in [6.45, 7) is 0.304. The summed E-state index contributed by atoms with van der Waals surface area (Å²) >= 11 is 0.956. The average molecular weight is 525 g/mol. The quantitative estimate of drug-likeness (QED) is 0.173. The molecule has 2 aromatic heterocycles. The van der Waals surface area contributed by atoms with E-state index in [1.807, 2.05) is 0 Å². The van der Waals surface area contributed by atoms with Gasteiger partial charge in [-0.1, -0.05) is 0 Å². The number of H-pyrrole nitrogens is 1. The average Bonchev–Trinajstić information content (AvgIpc) is 3.63. The van der Waals surface area contributed by atoms with Crippen LogP contribution in [0.15, 0.2) is 46.6 Å². The Morgan fingerprint density at radius 3 is 2.81 bits per heavy atom. The molecular weight excluding hydrogens is 503 g/mol. The number of hydrogen-bond acceptors (Lipinski definition) is 8. The van der Waals surface area contributed by atoms with Gasteiger partial charge in [-0.3, -0.25) is 10.4 Å². The number of halogens is 1. The zero-order chi connectivity index (χ0) is 26.3. The number of rotatable bonds is 8. The Hall–Kier alpha value is -4.65. The minimum absolute atomic E-state index is 0.0444. The molecule has 0 aliphatic carbocycles. The molecule has 0 spiro atoms. The van der Waals surface area contributed by atoms with Crippen molar-refractivity contribution in [2.75, 3.05) is 19.0 Å². The topological polar surface area (TPSA) is 168 Å². The largest absolute Gasteiger partial charge is 0.493 e. The van der Waals surface area contributed by atoms with E-state index in [1.165, 1.54) is 24.6 Å². The molecule has 0 fully saturated rings. The smallest absolute Gasteiger partial charge is 0.348 e. The van der Waals surface area contributed by atoms with Gasteiger partial charge in [0.15, 0.2) is 17.3 Å². The maximum absolute atomic E-state index is 15.8. The fraction of sp³-hybridized carbons (Fsp3) is 0.167. The molecule has 6 N–H and O–H groups in total. The SMILES string of the molecule is COc1cc([C@H](Nc2ccc(C(=N)N)cc2)c2nn(-c3ccsc3C(=O)O)c(=O)[nH]2)c(F)c2c1OCC2. The number of methoxy groups -OCH3 is 1. The van der Waals surface area contributed by atoms with Gasteiger partial charge < -0.3 is 25.6 Å². The first-order valence-electron chi connectivity index (χ1n) is 11.0. The summed E-state index contributed by atoms with van der Waals surface area (Å²) in [6, 6.07) is 8.51. The number of aromatic nitrogens is 3. The first-order valence-corrected chi connectivity index (χ1v) is 11.9. The van der Waals surface area contributed by atoms with Crippen molar-refractivity contribution < 1.29 is 23.8 Å². The lowest BCUT2D eigenvalue weighted by Gasteiger charge is -2.21. The summed E-state index contributed by atoms with van der Waals surface area (Å²) in [6.07, 6.45) is 0.341. The lowest BCUT2D eigenvalue weighted by atomic mass is 9.99. The Labute approximate surface area is 212 Å². The number of carboxylic acid groups (broad SMARTS) is 1. The molecule has 0 radical (unpaired) electrons. The molecule has 0 saturated carbocycles. The highest BCUT2D eigenvalue weighted by molar-refractivity contribution is 7.12. The third kappa shape index (κ3) is 4.29. The van der Waals surface area contributed by atoms with Gasteiger partial charge in [-0.2, -0.15) is 4.68 Å². The van der Waals surface area contributed by atoms with E-state index < -0.39 is 23.5 Å². The number of hydrogen-bond donors (Lipinski definition) is 5. The van der Waals surface area contributed by atoms with Crippen LogP contribution in [-0.4, -0.2) is 45.4 Å². The Morgan fingerprint density at radius 1 is 1.38 bits per heavy atom. The summed E-state index contributed by atoms with van der Waals surface area (Å²) in [5, 5.41) is 26.1. The van der Waals surface area contributed by atoms with Gasteiger partial charge in [-0.25, -0.2) is 14.0 Å². The molecule has 0 saturated heterocycles. The van der Waals surface area contributed by atoms with Crippen LogP contribution >= 0.6 is 11.3 Å². The monoisotopic (exact) mass is 524 g/mol. The van der Waals surface area contributed by atoms with E-state index in [0.717, 1.165) is 16.0 Å². The number of nitrogens with two attached hydrogens (primary N) is 1. The molecule has 3 heterocycles. The Bertz CT molecular complexity index is 1580. The number of aromatic carboxylic acids is 1. The zero-order valence-electron chi connectivity index (χ0n) is 19.4. The van der Waals surface area contributed by atoms with E-state index in [1.54, 1.807) is 24.3 Å². The van der Waals surface area contributed by atoms with Crippen LogP contribution in [-0.2, 0) is 6.42 Å². The van der Waals surface area contributed by atoms with Crippen LogP contribution in [0.25, 0.3) is 5.69 Å². The van der Waals surface area contributed by atoms with Gasteiger partial charge in [0.05, 0.1) is 19.4 Å². The van der Waals surface area contributed by atoms with Crippen LogP contribution < -0.4 is 26.2 Å². The van der Waals surface area contributed by atoms with Gasteiger partial charge >= 0.3 is 11.7 Å². The van der Waals surface area contributed by atoms with Gasteiger partial charge in [-0.15, -0.1) is 16.4 Å². The molecule has 5 rings (SSSR count). The number of nitrogen functional groups attached to an aromatic ring is 1. The van der Waals surface area contributed by atoms with Crippen molar-refractivity contribution in [2.45, 2.75) is 12.5 Å². The number of ether oxygens (including phenoxy) is 2. The van der Waals surface area contributed by atoms with Gasteiger partial charge in [0.2, 0.25) is 0 Å². The maximum Gasteiger partial charge on any atom is 0.348 e. The third-order valence-electron chi connectivity index (χ3n) is 5.91. The predicted octanol–water partition coefficient (Wildman–Crippen LogP) is 2.89. The van der Waals surface area contributed by atoms with E-state index in [9.17, 15) is 14.7 Å². The van der Waals surface area contributed by atoms with Crippen molar-refractivity contribution in [3.8, 4) is 17.2 Å². The summed E-state index contributed by atoms with van der Waals surface area (Å²) in [5.74, 6) is -1.14. The van der Waals surface area contributed by atoms with Crippen LogP contribution in [0.3, 0.4) is 0 Å². The molecule has 190 valence electrons. The fourth-order valence-corrected chi connectivity index (χ4v) is 4.87. The number of thiophene rings is 1. The number of aromatic amines is 1. The second-order valence-electron chi connectivity index (χ2n) is 8.12. The van der Waals surface area contributed by atoms with Crippen LogP contribution in [0, 0.1) is 11.2 Å². The second kappa shape index (κ2) is 9.43. The van der Waals surface area contributed by atoms with E-state index in [-0.39, 0.29) is 27.8 Å². The van der Waals surface area contributed by atoms with Gasteiger partial charge in [0.1, 0.15) is 22.6 Å². The molecule has 2 aromatic carbocycles. The minimum atomic E-state index is -1.20. The van der Waals surface area contributed by atoms with Crippen LogP contribution in [0.1, 0.15) is 38.2 Å². The first kappa shape index (κ1) is 24.1. The van der Waals surface area contributed by atoms with Gasteiger partial charge in [0.25, 0.3) is 0 Å². The molecule has 0 amide bonds. The highest BCUT2D eigenvalue weighted by atomic mass is 32.1. The summed E-state index contributed by atoms with van der Waals surface area (Å²) in [4.78, 5) is 27.1. The number of nitrogens with one attached hydrogen (secondary N) is 3. The fourth-order valence-electron chi connectivity index (χ4n) is 4.16. The van der Waals surface area contributed by atoms with Crippen molar-refractivity contribution in [1.82, 2.24) is 14.8 Å². The van der Waals surface area contributed by atoms with E-state index in [0.29, 0.717) is 41.3 Å². The lowest BCUT2D eigenvalue weighted by molar-refractivity contribution is 0.0702. The number of nitrogens with zero attached hydrogens (tertiary/aromatic N) is 2. The molecule has 0 unspecified atom stereocenters. The van der Waals surface area contributed by atoms with Crippen LogP contribution in [0.4, 0.5) is 10.1 Å². The predicted molar refractivity (Wildman–Crippen MR) is 134 cm³/mol. The number of amidine groups is 1. The molecule has 37 heavy (non-hydrogen) atoms. The molecule has 0 bridgehead atoms. The molecule has 1 aliphatic rings. The van der Waals surface area contributed by atoms with Gasteiger partial charge in [0, 0.05) is 28.8 Å². The Morgan fingerprint density at radius 2 is 2.14 bits per heavy atom. The maximum atomic E-state index is 15.8. The molecule has 4 aromatic rings. The van der Waals surface area contributed by atoms with Crippen molar-refractivity contribution in [3.63, 3.8) is 0 Å². The Kier molecular flexibility index (Phi) is 6.13. The van der Waals surface area contributed by atoms with Crippen LogP contribution in [0.5, 0.6) is 11.5 Å². The van der Waals surface area contributed by atoms with Crippen molar-refractivity contribution in [1.29, 1.82) is 5.41 Å². The lowest BCUT2D eigenvalue weighted by Crippen LogP contribution is -2.18. The van der Waals surface area contributed by atoms with Crippen molar-refractivity contribution >= 4 is 28.8 Å². The number of benzene rings is 2. The third-order valence-corrected chi connectivity index (χ3v) is 6.81. The summed E-state index contributed by atoms with van der Waals surface area (Å²) < 4.78 is 27.8. The Balaban J connectivity index is 1.65. The second-order valence-corrected chi connectivity index (χ2v) is 9.04. The highest BCUT2D eigenvalue weighted by Gasteiger charge is 2.31. The summed E-state index contributed by atoms with van der Waals surface area (Å²) in [7, 11) is 1.45. The molecule has 13 heteroatoms. The number of fused-ring (bicyclic) bond motifs is 1. The number of anilines is 1. The molecule has 1 atom stereocenters. The standard InChI is InChI=1S/C24H21FN6O5S/c1-35-16-10-14(17(25)13-6-8-36-19(13)16)18(28-12-4-2-11(3-5-12)21(26)27)22-29-24(34)31(30-22)15-7-9-37-20(15)23(32)33/h2-5,7,9-10,18,28H,6,8H2,1H3,(H3,26,27)(H,32,33)(H,29,30,34)/t18-/m0/s1. The summed E-state index contributed by atoms with van der Waals surface area (Å²) in [5.41, 5.74) is 6.47. The number of carboxylic acids is 1. The highest BCUT2D eigenvalue weighted by Crippen LogP contribution is 2.42. The zero-order valence-corrected chi connectivity index (χ0v) is 20.2. The minimum Gasteiger partial charge on any atom is -0.493 e. The van der Waals surface area contributed by atoms with Crippen molar-refractivity contribution in [3.05, 3.63) is 85.5 Å². The first-order chi connectivity index (χ1) is 17.8.